The molecule has 0 aromatic heterocycles. The minimum Gasteiger partial charge on any atom is -0.355 e. The third kappa shape index (κ3) is 3.45. The van der Waals surface area contributed by atoms with E-state index < -0.39 is 5.54 Å². The number of hydrogen-bond acceptors (Lipinski definition) is 4. The van der Waals surface area contributed by atoms with Crippen molar-refractivity contribution in [3.8, 4) is 6.07 Å². The summed E-state index contributed by atoms with van der Waals surface area (Å²) >= 11 is 7.98. The van der Waals surface area contributed by atoms with Gasteiger partial charge in [0.1, 0.15) is 11.6 Å². The number of benzene rings is 1. The van der Waals surface area contributed by atoms with E-state index in [1.165, 1.54) is 24.8 Å². The smallest absolute Gasteiger partial charge is 0.200 e. The molecule has 2 saturated heterocycles. The fourth-order valence-electron chi connectivity index (χ4n) is 3.82. The van der Waals surface area contributed by atoms with Crippen LogP contribution in [0.1, 0.15) is 37.7 Å². The Bertz CT molecular complexity index is 822. The van der Waals surface area contributed by atoms with E-state index in [0.717, 1.165) is 55.3 Å². The third-order valence-corrected chi connectivity index (χ3v) is 11.5. The number of nitrogens with zero attached hydrogens (tertiary/aromatic N) is 4. The lowest BCUT2D eigenvalue weighted by Gasteiger charge is -2.39. The van der Waals surface area contributed by atoms with Crippen molar-refractivity contribution < 1.29 is 0 Å². The molecule has 0 radical (unpaired) electrons. The second-order valence-corrected chi connectivity index (χ2v) is 13.6. The van der Waals surface area contributed by atoms with Gasteiger partial charge in [-0.25, -0.2) is 4.76 Å². The summed E-state index contributed by atoms with van der Waals surface area (Å²) in [4.78, 5) is 2.31. The van der Waals surface area contributed by atoms with Crippen LogP contribution in [-0.2, 0) is 17.6 Å². The topological polar surface area (TPSA) is 42.6 Å². The summed E-state index contributed by atoms with van der Waals surface area (Å²) in [5.74, 6) is 1.77. The number of piperidine rings is 1. The van der Waals surface area contributed by atoms with Crippen molar-refractivity contribution in [2.24, 2.45) is 4.76 Å². The number of nitriles is 1. The zero-order valence-electron chi connectivity index (χ0n) is 14.8. The Kier molecular flexibility index (Phi) is 5.40. The molecule has 3 aliphatic rings. The first kappa shape index (κ1) is 18.1. The second kappa shape index (κ2) is 7.76. The van der Waals surface area contributed by atoms with Gasteiger partial charge < -0.3 is 9.57 Å². The molecule has 1 unspecified atom stereocenters. The molecular formula is C19H23N4PS2. The van der Waals surface area contributed by atoms with E-state index in [0.29, 0.717) is 0 Å². The molecule has 1 atom stereocenters. The van der Waals surface area contributed by atoms with Crippen LogP contribution in [-0.4, -0.2) is 35.0 Å². The molecule has 4 rings (SSSR count). The first-order chi connectivity index (χ1) is 12.7. The Balaban J connectivity index is 1.67. The molecule has 3 aliphatic heterocycles. The fraction of sp³-hybridized carbons (Fsp3) is 0.474. The molecule has 0 aliphatic carbocycles. The van der Waals surface area contributed by atoms with Crippen LogP contribution in [0.2, 0.25) is 0 Å². The van der Waals surface area contributed by atoms with Crippen LogP contribution in [0.3, 0.4) is 0 Å². The maximum atomic E-state index is 9.85. The molecule has 0 N–H and O–H groups in total. The summed E-state index contributed by atoms with van der Waals surface area (Å²) in [5.41, 5.74) is 1.09. The Morgan fingerprint density at radius 2 is 1.88 bits per heavy atom. The van der Waals surface area contributed by atoms with Gasteiger partial charge in [-0.05, 0) is 49.5 Å². The molecule has 3 heterocycles. The molecule has 26 heavy (non-hydrogen) atoms. The fourth-order valence-corrected chi connectivity index (χ4v) is 9.56. The van der Waals surface area contributed by atoms with Crippen LogP contribution in [0.4, 0.5) is 0 Å². The Morgan fingerprint density at radius 3 is 2.62 bits per heavy atom. The van der Waals surface area contributed by atoms with Crippen LogP contribution < -0.4 is 0 Å². The number of fused-ring (bicyclic) bond motifs is 1. The molecule has 0 saturated carbocycles. The standard InChI is InChI=1S/C19H23N4PS2/c20-14-17-18-10-7-13-23(18)24(25,26-15-16-8-3-1-4-9-16)21-19(17)22-11-5-2-6-12-22/h1,3-4,8-9H,2,5-7,10-13,15H2. The monoisotopic (exact) mass is 402 g/mol. The van der Waals surface area contributed by atoms with Crippen LogP contribution in [0.25, 0.3) is 0 Å². The SMILES string of the molecule is N#CC1=C2CCCN2P(=S)(SCc2ccccc2)N=C1N1CCCCC1. The molecule has 2 fully saturated rings. The normalized spacial score (nSPS) is 25.7. The second-order valence-electron chi connectivity index (χ2n) is 6.88. The number of hydrogen-bond donors (Lipinski definition) is 0. The van der Waals surface area contributed by atoms with Gasteiger partial charge in [0.25, 0.3) is 0 Å². The van der Waals surface area contributed by atoms with Gasteiger partial charge in [-0.3, -0.25) is 0 Å². The van der Waals surface area contributed by atoms with Gasteiger partial charge in [0, 0.05) is 31.1 Å². The van der Waals surface area contributed by atoms with E-state index in [9.17, 15) is 5.26 Å². The Hall–Kier alpha value is -1.28. The molecule has 7 heteroatoms. The maximum absolute atomic E-state index is 9.85. The highest BCUT2D eigenvalue weighted by Crippen LogP contribution is 2.69. The number of amidine groups is 1. The predicted octanol–water partition coefficient (Wildman–Crippen LogP) is 4.92. The summed E-state index contributed by atoms with van der Waals surface area (Å²) in [7, 11) is 0. The van der Waals surface area contributed by atoms with Crippen molar-refractivity contribution in [3.05, 3.63) is 47.2 Å². The Labute approximate surface area is 164 Å². The van der Waals surface area contributed by atoms with Gasteiger partial charge in [0.05, 0.1) is 0 Å². The average molecular weight is 403 g/mol. The van der Waals surface area contributed by atoms with Crippen LogP contribution in [0.5, 0.6) is 0 Å². The molecule has 0 amide bonds. The summed E-state index contributed by atoms with van der Waals surface area (Å²) < 4.78 is 7.43. The highest BCUT2D eigenvalue weighted by atomic mass is 32.9. The minimum atomic E-state index is -2.14. The van der Waals surface area contributed by atoms with Crippen molar-refractivity contribution in [1.29, 1.82) is 5.26 Å². The quantitative estimate of drug-likeness (QED) is 0.672. The summed E-state index contributed by atoms with van der Waals surface area (Å²) in [6.45, 7) is 2.93. The first-order valence-electron chi connectivity index (χ1n) is 9.26. The lowest BCUT2D eigenvalue weighted by atomic mass is 10.1. The Morgan fingerprint density at radius 1 is 1.12 bits per heavy atom. The maximum Gasteiger partial charge on any atom is 0.200 e. The molecular weight excluding hydrogens is 379 g/mol. The first-order valence-corrected chi connectivity index (χ1v) is 13.6. The zero-order valence-corrected chi connectivity index (χ0v) is 17.3. The van der Waals surface area contributed by atoms with Gasteiger partial charge in [-0.1, -0.05) is 41.7 Å². The molecule has 136 valence electrons. The van der Waals surface area contributed by atoms with Crippen molar-refractivity contribution in [1.82, 2.24) is 9.57 Å². The highest BCUT2D eigenvalue weighted by Gasteiger charge is 2.40. The van der Waals surface area contributed by atoms with Crippen LogP contribution in [0.15, 0.2) is 46.4 Å². The minimum absolute atomic E-state index is 0.783. The van der Waals surface area contributed by atoms with Crippen LogP contribution in [0, 0.1) is 11.3 Å². The zero-order chi connectivity index (χ0) is 18.0. The van der Waals surface area contributed by atoms with Gasteiger partial charge in [-0.15, -0.1) is 0 Å². The molecule has 1 aromatic rings. The molecule has 1 aromatic carbocycles. The van der Waals surface area contributed by atoms with Crippen LogP contribution >= 0.6 is 16.9 Å². The van der Waals surface area contributed by atoms with Gasteiger partial charge in [-0.2, -0.15) is 5.26 Å². The summed E-state index contributed by atoms with van der Waals surface area (Å²) in [6.07, 6.45) is 5.66. The molecule has 0 bridgehead atoms. The lowest BCUT2D eigenvalue weighted by molar-refractivity contribution is 0.342. The number of likely N-dealkylation sites (tertiary alicyclic amines) is 1. The van der Waals surface area contributed by atoms with E-state index >= 15 is 0 Å². The van der Waals surface area contributed by atoms with E-state index in [-0.39, 0.29) is 0 Å². The van der Waals surface area contributed by atoms with E-state index in [4.69, 9.17) is 16.6 Å². The van der Waals surface area contributed by atoms with Crippen molar-refractivity contribution >= 4 is 34.6 Å². The largest absolute Gasteiger partial charge is 0.355 e. The van der Waals surface area contributed by atoms with Gasteiger partial charge in [0.15, 0.2) is 11.4 Å². The highest BCUT2D eigenvalue weighted by molar-refractivity contribution is 8.69. The predicted molar refractivity (Wildman–Crippen MR) is 113 cm³/mol. The summed E-state index contributed by atoms with van der Waals surface area (Å²) in [6, 6.07) is 12.9. The van der Waals surface area contributed by atoms with E-state index in [1.54, 1.807) is 11.4 Å². The number of rotatable bonds is 3. The van der Waals surface area contributed by atoms with E-state index in [1.807, 2.05) is 6.07 Å². The van der Waals surface area contributed by atoms with Crippen molar-refractivity contribution in [3.63, 3.8) is 0 Å². The third-order valence-electron chi connectivity index (χ3n) is 5.14. The number of allylic oxidation sites excluding steroid dienone is 1. The van der Waals surface area contributed by atoms with Gasteiger partial charge >= 0.3 is 0 Å². The molecule has 0 spiro atoms. The van der Waals surface area contributed by atoms with Gasteiger partial charge in [0.2, 0.25) is 0 Å². The lowest BCUT2D eigenvalue weighted by Crippen LogP contribution is -2.39. The molecule has 4 nitrogen and oxygen atoms in total. The van der Waals surface area contributed by atoms with Crippen molar-refractivity contribution in [2.45, 2.75) is 37.9 Å². The van der Waals surface area contributed by atoms with Crippen molar-refractivity contribution in [2.75, 3.05) is 19.6 Å². The average Bonchev–Trinajstić information content (AvgIpc) is 3.19. The van der Waals surface area contributed by atoms with E-state index in [2.05, 4.69) is 39.9 Å². The summed E-state index contributed by atoms with van der Waals surface area (Å²) in [5, 5.41) is 9.85.